The highest BCUT2D eigenvalue weighted by molar-refractivity contribution is 5.88. The summed E-state index contributed by atoms with van der Waals surface area (Å²) in [7, 11) is 0. The van der Waals surface area contributed by atoms with Gasteiger partial charge in [-0.05, 0) is 6.92 Å². The molecule has 0 bridgehead atoms. The first-order valence-electron chi connectivity index (χ1n) is 7.77. The molecule has 0 spiro atoms. The normalized spacial score (nSPS) is 21.3. The molecule has 0 saturated carbocycles. The van der Waals surface area contributed by atoms with Gasteiger partial charge in [-0.2, -0.15) is 4.98 Å². The van der Waals surface area contributed by atoms with Crippen LogP contribution in [0.25, 0.3) is 0 Å². The van der Waals surface area contributed by atoms with Crippen LogP contribution in [0.1, 0.15) is 50.7 Å². The second-order valence-electron chi connectivity index (χ2n) is 6.99. The molecule has 3 rings (SSSR count). The minimum Gasteiger partial charge on any atom is -0.391 e. The Bertz CT molecular complexity index is 732. The van der Waals surface area contributed by atoms with Gasteiger partial charge in [0.1, 0.15) is 11.8 Å². The van der Waals surface area contributed by atoms with E-state index in [0.717, 1.165) is 0 Å². The first-order chi connectivity index (χ1) is 11.2. The first-order valence-corrected chi connectivity index (χ1v) is 7.77. The number of amides is 2. The molecule has 0 aliphatic carbocycles. The number of aromatic nitrogens is 3. The lowest BCUT2D eigenvalue weighted by Gasteiger charge is -2.21. The number of aryl methyl sites for hydroxylation is 1. The minimum atomic E-state index is -0.643. The average Bonchev–Trinajstić information content (AvgIpc) is 3.17. The fraction of sp³-hybridized carbons (Fsp3) is 0.600. The van der Waals surface area contributed by atoms with Crippen molar-refractivity contribution in [2.45, 2.75) is 51.7 Å². The molecule has 2 aromatic heterocycles. The molecule has 1 saturated heterocycles. The fourth-order valence-corrected chi connectivity index (χ4v) is 2.59. The van der Waals surface area contributed by atoms with Crippen LogP contribution in [0, 0.1) is 6.92 Å². The van der Waals surface area contributed by atoms with Crippen LogP contribution in [0.5, 0.6) is 0 Å². The molecule has 1 fully saturated rings. The van der Waals surface area contributed by atoms with Gasteiger partial charge in [-0.25, -0.2) is 4.79 Å². The Hall–Kier alpha value is -2.42. The van der Waals surface area contributed by atoms with Gasteiger partial charge in [-0.3, -0.25) is 5.32 Å². The van der Waals surface area contributed by atoms with Gasteiger partial charge in [-0.1, -0.05) is 31.1 Å². The molecule has 130 valence electrons. The highest BCUT2D eigenvalue weighted by atomic mass is 16.5. The van der Waals surface area contributed by atoms with Crippen molar-refractivity contribution >= 4 is 11.8 Å². The van der Waals surface area contributed by atoms with E-state index in [4.69, 9.17) is 9.05 Å². The zero-order valence-electron chi connectivity index (χ0n) is 14.1. The van der Waals surface area contributed by atoms with Gasteiger partial charge in [0.25, 0.3) is 0 Å². The molecule has 2 amide bonds. The molecular weight excluding hydrogens is 314 g/mol. The number of β-amino-alcohol motifs (C(OH)–C–C–N with tert-alkyl or cyclic N) is 1. The molecule has 2 aromatic rings. The van der Waals surface area contributed by atoms with Gasteiger partial charge >= 0.3 is 6.03 Å². The Morgan fingerprint density at radius 2 is 2.12 bits per heavy atom. The summed E-state index contributed by atoms with van der Waals surface area (Å²) >= 11 is 0. The molecule has 0 aromatic carbocycles. The van der Waals surface area contributed by atoms with E-state index in [1.165, 1.54) is 4.90 Å². The number of hydrogen-bond donors (Lipinski definition) is 2. The lowest BCUT2D eigenvalue weighted by atomic mass is 9.93. The van der Waals surface area contributed by atoms with Gasteiger partial charge in [0, 0.05) is 24.4 Å². The Kier molecular flexibility index (Phi) is 4.04. The quantitative estimate of drug-likeness (QED) is 0.861. The second-order valence-corrected chi connectivity index (χ2v) is 6.99. The van der Waals surface area contributed by atoms with Crippen LogP contribution in [0.4, 0.5) is 10.6 Å². The molecule has 24 heavy (non-hydrogen) atoms. The summed E-state index contributed by atoms with van der Waals surface area (Å²) < 4.78 is 10.4. The lowest BCUT2D eigenvalue weighted by Crippen LogP contribution is -2.35. The third-order valence-electron chi connectivity index (χ3n) is 3.85. The molecule has 9 heteroatoms. The third kappa shape index (κ3) is 3.25. The van der Waals surface area contributed by atoms with E-state index in [1.807, 2.05) is 20.8 Å². The Morgan fingerprint density at radius 1 is 1.38 bits per heavy atom. The summed E-state index contributed by atoms with van der Waals surface area (Å²) in [6, 6.07) is 0.826. The predicted octanol–water partition coefficient (Wildman–Crippen LogP) is 2.00. The van der Waals surface area contributed by atoms with E-state index < -0.39 is 18.2 Å². The highest BCUT2D eigenvalue weighted by Gasteiger charge is 2.39. The van der Waals surface area contributed by atoms with E-state index in [2.05, 4.69) is 20.6 Å². The molecule has 2 N–H and O–H groups in total. The number of carbonyl (C=O) groups excluding carboxylic acids is 1. The standard InChI is InChI=1S/C15H21N5O4/c1-8-16-13(24-18-8)10-5-9(21)7-20(10)14(22)17-12-6-11(23-19-12)15(2,3)4/h6,9-10,21H,5,7H2,1-4H3,(H,17,19,22)/t9-,10+/m0/s1. The summed E-state index contributed by atoms with van der Waals surface area (Å²) in [6.07, 6.45) is -0.295. The van der Waals surface area contributed by atoms with Gasteiger partial charge in [-0.15, -0.1) is 0 Å². The summed E-state index contributed by atoms with van der Waals surface area (Å²) in [4.78, 5) is 18.2. The number of likely N-dealkylation sites (tertiary alicyclic amines) is 1. The van der Waals surface area contributed by atoms with E-state index in [9.17, 15) is 9.90 Å². The summed E-state index contributed by atoms with van der Waals surface area (Å²) in [5.74, 6) is 1.79. The Morgan fingerprint density at radius 3 is 2.71 bits per heavy atom. The molecule has 1 aliphatic rings. The number of carbonyl (C=O) groups is 1. The smallest absolute Gasteiger partial charge is 0.323 e. The highest BCUT2D eigenvalue weighted by Crippen LogP contribution is 2.32. The van der Waals surface area contributed by atoms with Crippen LogP contribution >= 0.6 is 0 Å². The third-order valence-corrected chi connectivity index (χ3v) is 3.85. The van der Waals surface area contributed by atoms with Crippen LogP contribution < -0.4 is 5.32 Å². The number of nitrogens with zero attached hydrogens (tertiary/aromatic N) is 4. The topological polar surface area (TPSA) is 118 Å². The van der Waals surface area contributed by atoms with Gasteiger partial charge in [0.2, 0.25) is 5.89 Å². The van der Waals surface area contributed by atoms with Crippen molar-refractivity contribution in [3.63, 3.8) is 0 Å². The van der Waals surface area contributed by atoms with Crippen LogP contribution in [0.3, 0.4) is 0 Å². The van der Waals surface area contributed by atoms with Crippen molar-refractivity contribution in [3.8, 4) is 0 Å². The Balaban J connectivity index is 1.74. The zero-order chi connectivity index (χ0) is 17.5. The minimum absolute atomic E-state index is 0.182. The maximum atomic E-state index is 12.5. The van der Waals surface area contributed by atoms with Crippen molar-refractivity contribution in [2.24, 2.45) is 0 Å². The second kappa shape index (κ2) is 5.90. The van der Waals surface area contributed by atoms with Crippen molar-refractivity contribution in [2.75, 3.05) is 11.9 Å². The van der Waals surface area contributed by atoms with Crippen molar-refractivity contribution in [3.05, 3.63) is 23.5 Å². The van der Waals surface area contributed by atoms with E-state index >= 15 is 0 Å². The lowest BCUT2D eigenvalue weighted by molar-refractivity contribution is 0.174. The maximum absolute atomic E-state index is 12.5. The molecule has 0 unspecified atom stereocenters. The molecule has 0 radical (unpaired) electrons. The van der Waals surface area contributed by atoms with Gasteiger partial charge in [0.15, 0.2) is 11.6 Å². The molecule has 1 aliphatic heterocycles. The van der Waals surface area contributed by atoms with Crippen molar-refractivity contribution in [1.29, 1.82) is 0 Å². The zero-order valence-corrected chi connectivity index (χ0v) is 14.1. The Labute approximate surface area is 139 Å². The molecule has 9 nitrogen and oxygen atoms in total. The van der Waals surface area contributed by atoms with Crippen LogP contribution in [-0.2, 0) is 5.41 Å². The van der Waals surface area contributed by atoms with E-state index in [-0.39, 0.29) is 12.0 Å². The number of nitrogens with one attached hydrogen (secondary N) is 1. The first kappa shape index (κ1) is 16.4. The van der Waals surface area contributed by atoms with Crippen LogP contribution in [-0.4, -0.2) is 44.0 Å². The summed E-state index contributed by atoms with van der Waals surface area (Å²) in [5.41, 5.74) is -0.205. The fourth-order valence-electron chi connectivity index (χ4n) is 2.59. The average molecular weight is 335 g/mol. The molecule has 3 heterocycles. The van der Waals surface area contributed by atoms with Gasteiger partial charge < -0.3 is 19.1 Å². The van der Waals surface area contributed by atoms with Crippen molar-refractivity contribution in [1.82, 2.24) is 20.2 Å². The number of urea groups is 1. The van der Waals surface area contributed by atoms with Crippen LogP contribution in [0.15, 0.2) is 15.1 Å². The van der Waals surface area contributed by atoms with Crippen LogP contribution in [0.2, 0.25) is 0 Å². The number of aliphatic hydroxyl groups excluding tert-OH is 1. The number of anilines is 1. The van der Waals surface area contributed by atoms with E-state index in [1.54, 1.807) is 13.0 Å². The number of hydrogen-bond acceptors (Lipinski definition) is 7. The summed E-state index contributed by atoms with van der Waals surface area (Å²) in [5, 5.41) is 20.2. The molecular formula is C15H21N5O4. The maximum Gasteiger partial charge on any atom is 0.323 e. The summed E-state index contributed by atoms with van der Waals surface area (Å²) in [6.45, 7) is 7.85. The van der Waals surface area contributed by atoms with E-state index in [0.29, 0.717) is 29.7 Å². The van der Waals surface area contributed by atoms with Crippen molar-refractivity contribution < 1.29 is 18.9 Å². The largest absolute Gasteiger partial charge is 0.391 e. The molecule has 2 atom stereocenters. The predicted molar refractivity (Wildman–Crippen MR) is 83.3 cm³/mol. The number of rotatable bonds is 2. The number of aliphatic hydroxyl groups is 1. The SMILES string of the molecule is Cc1noc([C@H]2C[C@H](O)CN2C(=O)Nc2cc(C(C)(C)C)on2)n1. The van der Waals surface area contributed by atoms with Gasteiger partial charge in [0.05, 0.1) is 6.10 Å². The monoisotopic (exact) mass is 335 g/mol.